The molecule has 0 aliphatic heterocycles. The quantitative estimate of drug-likeness (QED) is 0.181. The number of amides is 1. The lowest BCUT2D eigenvalue weighted by Crippen LogP contribution is -2.12. The van der Waals surface area contributed by atoms with Crippen molar-refractivity contribution in [2.45, 2.75) is 103 Å². The van der Waals surface area contributed by atoms with Crippen LogP contribution < -0.4 is 10.1 Å². The van der Waals surface area contributed by atoms with Crippen LogP contribution in [0.15, 0.2) is 24.3 Å². The fourth-order valence-corrected chi connectivity index (χ4v) is 3.62. The molecular weight excluding hydrogens is 422 g/mol. The third-order valence-electron chi connectivity index (χ3n) is 5.50. The van der Waals surface area contributed by atoms with Gasteiger partial charge in [0.15, 0.2) is 0 Å². The Balaban J connectivity index is 2.09. The molecule has 186 valence electrons. The smallest absolute Gasteiger partial charge is 0.303 e. The van der Waals surface area contributed by atoms with E-state index < -0.39 is 11.9 Å². The molecule has 1 aromatic carbocycles. The largest absolute Gasteiger partial charge is 0.491 e. The Labute approximate surface area is 197 Å². The van der Waals surface area contributed by atoms with Crippen LogP contribution in [0, 0.1) is 0 Å². The SMILES string of the molecule is O=C(O)CCCCCCCCCCCC(=O)Nc1ccccc1OCCCCCCC(=O)O. The van der Waals surface area contributed by atoms with E-state index in [0.29, 0.717) is 30.9 Å². The summed E-state index contributed by atoms with van der Waals surface area (Å²) in [6.45, 7) is 0.541. The Hall–Kier alpha value is -2.57. The van der Waals surface area contributed by atoms with Gasteiger partial charge in [0.2, 0.25) is 5.91 Å². The number of carboxylic acid groups (broad SMARTS) is 2. The van der Waals surface area contributed by atoms with Crippen molar-refractivity contribution in [3.05, 3.63) is 24.3 Å². The van der Waals surface area contributed by atoms with Gasteiger partial charge in [0.25, 0.3) is 0 Å². The van der Waals surface area contributed by atoms with Crippen molar-refractivity contribution in [3.8, 4) is 5.75 Å². The summed E-state index contributed by atoms with van der Waals surface area (Å²) in [7, 11) is 0. The fraction of sp³-hybridized carbons (Fsp3) is 0.654. The highest BCUT2D eigenvalue weighted by atomic mass is 16.5. The molecule has 0 spiro atoms. The number of benzene rings is 1. The first-order valence-corrected chi connectivity index (χ1v) is 12.4. The first-order valence-electron chi connectivity index (χ1n) is 12.4. The molecule has 1 aromatic rings. The minimum absolute atomic E-state index is 0.00171. The minimum Gasteiger partial charge on any atom is -0.491 e. The summed E-state index contributed by atoms with van der Waals surface area (Å²) in [6.07, 6.45) is 13.7. The third kappa shape index (κ3) is 16.7. The Kier molecular flexibility index (Phi) is 16.3. The molecule has 0 saturated heterocycles. The first kappa shape index (κ1) is 28.5. The maximum Gasteiger partial charge on any atom is 0.303 e. The molecule has 0 fully saturated rings. The van der Waals surface area contributed by atoms with E-state index in [1.165, 1.54) is 6.42 Å². The van der Waals surface area contributed by atoms with Gasteiger partial charge in [-0.1, -0.05) is 69.9 Å². The third-order valence-corrected chi connectivity index (χ3v) is 5.50. The van der Waals surface area contributed by atoms with Crippen LogP contribution >= 0.6 is 0 Å². The molecule has 7 nitrogen and oxygen atoms in total. The number of carbonyl (C=O) groups excluding carboxylic acids is 1. The Morgan fingerprint density at radius 1 is 0.636 bits per heavy atom. The minimum atomic E-state index is -0.752. The lowest BCUT2D eigenvalue weighted by molar-refractivity contribution is -0.138. The van der Waals surface area contributed by atoms with Crippen molar-refractivity contribution >= 4 is 23.5 Å². The molecule has 0 unspecified atom stereocenters. The van der Waals surface area contributed by atoms with Gasteiger partial charge in [0.05, 0.1) is 12.3 Å². The highest BCUT2D eigenvalue weighted by molar-refractivity contribution is 5.92. The van der Waals surface area contributed by atoms with Gasteiger partial charge in [0.1, 0.15) is 5.75 Å². The van der Waals surface area contributed by atoms with Gasteiger partial charge in [-0.05, 0) is 37.8 Å². The van der Waals surface area contributed by atoms with E-state index in [9.17, 15) is 14.4 Å². The molecule has 0 aromatic heterocycles. The summed E-state index contributed by atoms with van der Waals surface area (Å²) in [5, 5.41) is 20.2. The van der Waals surface area contributed by atoms with Gasteiger partial charge in [0, 0.05) is 19.3 Å². The van der Waals surface area contributed by atoms with Gasteiger partial charge in [-0.2, -0.15) is 0 Å². The zero-order chi connectivity index (χ0) is 24.2. The summed E-state index contributed by atoms with van der Waals surface area (Å²) in [4.78, 5) is 33.3. The van der Waals surface area contributed by atoms with Crippen LogP contribution in [0.25, 0.3) is 0 Å². The van der Waals surface area contributed by atoms with Crippen LogP contribution in [-0.4, -0.2) is 34.7 Å². The molecular formula is C26H41NO6. The van der Waals surface area contributed by atoms with Crippen LogP contribution in [-0.2, 0) is 14.4 Å². The fourth-order valence-electron chi connectivity index (χ4n) is 3.62. The molecule has 0 bridgehead atoms. The van der Waals surface area contributed by atoms with Crippen molar-refractivity contribution in [1.29, 1.82) is 0 Å². The van der Waals surface area contributed by atoms with Gasteiger partial charge in [-0.3, -0.25) is 14.4 Å². The van der Waals surface area contributed by atoms with Crippen molar-refractivity contribution in [2.24, 2.45) is 0 Å². The molecule has 0 saturated carbocycles. The molecule has 0 aliphatic carbocycles. The summed E-state index contributed by atoms with van der Waals surface area (Å²) >= 11 is 0. The molecule has 0 atom stereocenters. The zero-order valence-electron chi connectivity index (χ0n) is 19.9. The van der Waals surface area contributed by atoms with Gasteiger partial charge in [-0.25, -0.2) is 0 Å². The number of rotatable bonds is 21. The van der Waals surface area contributed by atoms with Crippen LogP contribution in [0.3, 0.4) is 0 Å². The lowest BCUT2D eigenvalue weighted by atomic mass is 10.1. The van der Waals surface area contributed by atoms with Crippen molar-refractivity contribution in [1.82, 2.24) is 0 Å². The Morgan fingerprint density at radius 3 is 1.64 bits per heavy atom. The molecule has 33 heavy (non-hydrogen) atoms. The average Bonchev–Trinajstić information content (AvgIpc) is 2.77. The van der Waals surface area contributed by atoms with Crippen molar-refractivity contribution in [2.75, 3.05) is 11.9 Å². The van der Waals surface area contributed by atoms with E-state index in [-0.39, 0.29) is 18.7 Å². The standard InChI is InChI=1S/C26H41NO6/c28-24(18-10-6-4-2-1-3-5-7-11-19-25(29)30)27-22-16-13-14-17-23(22)33-21-15-9-8-12-20-26(31)32/h13-14,16-17H,1-12,15,18-21H2,(H,27,28)(H,29,30)(H,31,32). The molecule has 7 heteroatoms. The maximum absolute atomic E-state index is 12.3. The number of hydrogen-bond donors (Lipinski definition) is 3. The number of nitrogens with one attached hydrogen (secondary N) is 1. The number of para-hydroxylation sites is 2. The number of carbonyl (C=O) groups is 3. The predicted molar refractivity (Wildman–Crippen MR) is 130 cm³/mol. The van der Waals surface area contributed by atoms with Gasteiger partial charge in [-0.15, -0.1) is 0 Å². The van der Waals surface area contributed by atoms with Gasteiger partial charge < -0.3 is 20.3 Å². The van der Waals surface area contributed by atoms with Crippen LogP contribution in [0.5, 0.6) is 5.75 Å². The molecule has 0 aliphatic rings. The molecule has 3 N–H and O–H groups in total. The number of hydrogen-bond acceptors (Lipinski definition) is 4. The molecule has 1 amide bonds. The number of carboxylic acids is 2. The summed E-state index contributed by atoms with van der Waals surface area (Å²) < 4.78 is 5.82. The second-order valence-electron chi connectivity index (χ2n) is 8.53. The Morgan fingerprint density at radius 2 is 1.09 bits per heavy atom. The zero-order valence-corrected chi connectivity index (χ0v) is 19.9. The van der Waals surface area contributed by atoms with Crippen LogP contribution in [0.4, 0.5) is 5.69 Å². The van der Waals surface area contributed by atoms with E-state index in [1.807, 2.05) is 24.3 Å². The average molecular weight is 464 g/mol. The predicted octanol–water partition coefficient (Wildman–Crippen LogP) is 6.41. The first-order chi connectivity index (χ1) is 16.0. The lowest BCUT2D eigenvalue weighted by Gasteiger charge is -2.12. The number of unbranched alkanes of at least 4 members (excludes halogenated alkanes) is 11. The number of anilines is 1. The van der Waals surface area contributed by atoms with Crippen molar-refractivity contribution in [3.63, 3.8) is 0 Å². The number of aliphatic carboxylic acids is 2. The monoisotopic (exact) mass is 463 g/mol. The normalized spacial score (nSPS) is 10.7. The van der Waals surface area contributed by atoms with Gasteiger partial charge >= 0.3 is 11.9 Å². The van der Waals surface area contributed by atoms with E-state index in [1.54, 1.807) is 0 Å². The number of ether oxygens (including phenoxy) is 1. The van der Waals surface area contributed by atoms with Crippen molar-refractivity contribution < 1.29 is 29.3 Å². The second kappa shape index (κ2) is 18.9. The van der Waals surface area contributed by atoms with E-state index >= 15 is 0 Å². The molecule has 0 radical (unpaired) electrons. The molecule has 0 heterocycles. The summed E-state index contributed by atoms with van der Waals surface area (Å²) in [5.41, 5.74) is 0.691. The van der Waals surface area contributed by atoms with Crippen LogP contribution in [0.1, 0.15) is 103 Å². The Bertz CT molecular complexity index is 691. The van der Waals surface area contributed by atoms with Crippen LogP contribution in [0.2, 0.25) is 0 Å². The van der Waals surface area contributed by atoms with E-state index in [0.717, 1.165) is 70.6 Å². The maximum atomic E-state index is 12.3. The van der Waals surface area contributed by atoms with E-state index in [4.69, 9.17) is 14.9 Å². The topological polar surface area (TPSA) is 113 Å². The highest BCUT2D eigenvalue weighted by Crippen LogP contribution is 2.24. The highest BCUT2D eigenvalue weighted by Gasteiger charge is 2.08. The second-order valence-corrected chi connectivity index (χ2v) is 8.53. The summed E-state index contributed by atoms with van der Waals surface area (Å²) in [6, 6.07) is 7.44. The summed E-state index contributed by atoms with van der Waals surface area (Å²) in [5.74, 6) is -0.799. The molecule has 1 rings (SSSR count). The van der Waals surface area contributed by atoms with E-state index in [2.05, 4.69) is 5.32 Å².